The van der Waals surface area contributed by atoms with Crippen LogP contribution >= 0.6 is 0 Å². The maximum Gasteiger partial charge on any atom is 0.327 e. The Hall–Kier alpha value is -0.610. The molecule has 0 aromatic carbocycles. The van der Waals surface area contributed by atoms with Crippen LogP contribution < -0.4 is 5.32 Å². The molecular formula is C16H32N2O2. The number of ether oxygens (including phenoxy) is 1. The Labute approximate surface area is 124 Å². The molecule has 0 aliphatic heterocycles. The molecule has 0 aromatic rings. The van der Waals surface area contributed by atoms with Gasteiger partial charge in [-0.1, -0.05) is 20.8 Å². The van der Waals surface area contributed by atoms with Crippen LogP contribution in [0.5, 0.6) is 0 Å². The van der Waals surface area contributed by atoms with Crippen LogP contribution in [-0.2, 0) is 9.53 Å². The smallest absolute Gasteiger partial charge is 0.327 e. The molecular weight excluding hydrogens is 252 g/mol. The van der Waals surface area contributed by atoms with Crippen LogP contribution in [0.15, 0.2) is 0 Å². The highest BCUT2D eigenvalue weighted by Gasteiger charge is 2.52. The number of nitrogens with zero attached hydrogens (tertiary/aromatic N) is 1. The summed E-state index contributed by atoms with van der Waals surface area (Å²) in [6.45, 7) is 10.3. The topological polar surface area (TPSA) is 41.6 Å². The second-order valence-electron chi connectivity index (χ2n) is 6.66. The summed E-state index contributed by atoms with van der Waals surface area (Å²) < 4.78 is 5.10. The van der Waals surface area contributed by atoms with Gasteiger partial charge in [-0.3, -0.25) is 0 Å². The minimum absolute atomic E-state index is 0.106. The van der Waals surface area contributed by atoms with Gasteiger partial charge in [0.05, 0.1) is 7.11 Å². The van der Waals surface area contributed by atoms with E-state index in [1.54, 1.807) is 0 Å². The number of esters is 1. The Kier molecular flexibility index (Phi) is 6.46. The van der Waals surface area contributed by atoms with E-state index >= 15 is 0 Å². The summed E-state index contributed by atoms with van der Waals surface area (Å²) >= 11 is 0. The number of nitrogens with one attached hydrogen (secondary N) is 1. The minimum atomic E-state index is -0.524. The van der Waals surface area contributed by atoms with Gasteiger partial charge in [0.1, 0.15) is 5.54 Å². The molecule has 20 heavy (non-hydrogen) atoms. The second kappa shape index (κ2) is 7.41. The van der Waals surface area contributed by atoms with E-state index in [0.717, 1.165) is 32.4 Å². The Morgan fingerprint density at radius 3 is 2.40 bits per heavy atom. The van der Waals surface area contributed by atoms with E-state index in [1.165, 1.54) is 7.11 Å². The number of carbonyl (C=O) groups excluding carboxylic acids is 1. The van der Waals surface area contributed by atoms with Crippen molar-refractivity contribution < 1.29 is 9.53 Å². The highest BCUT2D eigenvalue weighted by Crippen LogP contribution is 2.41. The molecule has 0 saturated heterocycles. The maximum absolute atomic E-state index is 12.4. The quantitative estimate of drug-likeness (QED) is 0.660. The Balaban J connectivity index is 2.80. The summed E-state index contributed by atoms with van der Waals surface area (Å²) in [5, 5.41) is 3.43. The lowest BCUT2D eigenvalue weighted by Gasteiger charge is -2.38. The number of carbonyl (C=O) groups is 1. The van der Waals surface area contributed by atoms with Crippen molar-refractivity contribution in [1.29, 1.82) is 0 Å². The van der Waals surface area contributed by atoms with E-state index < -0.39 is 5.54 Å². The lowest BCUT2D eigenvalue weighted by Crippen LogP contribution is -2.61. The number of methoxy groups -OCH3 is 1. The van der Waals surface area contributed by atoms with Gasteiger partial charge in [-0.05, 0) is 51.6 Å². The Morgan fingerprint density at radius 1 is 1.40 bits per heavy atom. The summed E-state index contributed by atoms with van der Waals surface area (Å²) in [5.41, 5.74) is -0.524. The van der Waals surface area contributed by atoms with Gasteiger partial charge < -0.3 is 15.0 Å². The maximum atomic E-state index is 12.4. The molecule has 1 aliphatic carbocycles. The summed E-state index contributed by atoms with van der Waals surface area (Å²) in [5.74, 6) is 0.981. The standard InChI is InChI=1S/C16H32N2O2/c1-7-17-16(14-8-9-14,15(19)20-6)11-18(5)13(4)10-12(2)3/h12-14,17H,7-11H2,1-6H3. The van der Waals surface area contributed by atoms with Gasteiger partial charge in [-0.25, -0.2) is 4.79 Å². The minimum Gasteiger partial charge on any atom is -0.468 e. The van der Waals surface area contributed by atoms with Crippen molar-refractivity contribution >= 4 is 5.97 Å². The van der Waals surface area contributed by atoms with Crippen molar-refractivity contribution in [1.82, 2.24) is 10.2 Å². The fraction of sp³-hybridized carbons (Fsp3) is 0.938. The van der Waals surface area contributed by atoms with E-state index in [0.29, 0.717) is 17.9 Å². The lowest BCUT2D eigenvalue weighted by atomic mass is 9.91. The van der Waals surface area contributed by atoms with Crippen LogP contribution in [0.1, 0.15) is 47.0 Å². The van der Waals surface area contributed by atoms with Crippen molar-refractivity contribution in [3.63, 3.8) is 0 Å². The zero-order valence-electron chi connectivity index (χ0n) is 14.0. The van der Waals surface area contributed by atoms with Crippen LogP contribution in [0.3, 0.4) is 0 Å². The molecule has 0 amide bonds. The van der Waals surface area contributed by atoms with Crippen LogP contribution in [0.2, 0.25) is 0 Å². The monoisotopic (exact) mass is 284 g/mol. The first-order valence-electron chi connectivity index (χ1n) is 7.91. The molecule has 1 aliphatic rings. The molecule has 1 saturated carbocycles. The van der Waals surface area contributed by atoms with Crippen molar-refractivity contribution in [2.24, 2.45) is 11.8 Å². The van der Waals surface area contributed by atoms with Gasteiger partial charge in [-0.2, -0.15) is 0 Å². The SMILES string of the molecule is CCNC(CN(C)C(C)CC(C)C)(C(=O)OC)C1CC1. The fourth-order valence-corrected chi connectivity index (χ4v) is 3.12. The second-order valence-corrected chi connectivity index (χ2v) is 6.66. The zero-order chi connectivity index (χ0) is 15.3. The highest BCUT2D eigenvalue weighted by molar-refractivity contribution is 5.82. The molecule has 0 heterocycles. The fourth-order valence-electron chi connectivity index (χ4n) is 3.12. The predicted molar refractivity (Wildman–Crippen MR) is 82.7 cm³/mol. The molecule has 0 radical (unpaired) electrons. The number of rotatable bonds is 9. The van der Waals surface area contributed by atoms with Gasteiger partial charge in [0, 0.05) is 12.6 Å². The molecule has 2 atom stereocenters. The van der Waals surface area contributed by atoms with E-state index in [2.05, 4.69) is 45.0 Å². The van der Waals surface area contributed by atoms with Crippen LogP contribution in [-0.4, -0.2) is 49.7 Å². The highest BCUT2D eigenvalue weighted by atomic mass is 16.5. The summed E-state index contributed by atoms with van der Waals surface area (Å²) in [6.07, 6.45) is 3.38. The first kappa shape index (κ1) is 17.4. The van der Waals surface area contributed by atoms with E-state index in [-0.39, 0.29) is 5.97 Å². The van der Waals surface area contributed by atoms with E-state index in [9.17, 15) is 4.79 Å². The number of hydrogen-bond acceptors (Lipinski definition) is 4. The van der Waals surface area contributed by atoms with Gasteiger partial charge in [-0.15, -0.1) is 0 Å². The molecule has 4 heteroatoms. The summed E-state index contributed by atoms with van der Waals surface area (Å²) in [7, 11) is 3.61. The Morgan fingerprint density at radius 2 is 2.00 bits per heavy atom. The Bertz CT molecular complexity index is 316. The number of hydrogen-bond donors (Lipinski definition) is 1. The van der Waals surface area contributed by atoms with E-state index in [1.807, 2.05) is 0 Å². The molecule has 1 N–H and O–H groups in total. The lowest BCUT2D eigenvalue weighted by molar-refractivity contribution is -0.151. The molecule has 118 valence electrons. The zero-order valence-corrected chi connectivity index (χ0v) is 14.0. The largest absolute Gasteiger partial charge is 0.468 e. The third kappa shape index (κ3) is 4.19. The van der Waals surface area contributed by atoms with Crippen LogP contribution in [0.25, 0.3) is 0 Å². The number of likely N-dealkylation sites (N-methyl/N-ethyl adjacent to an activating group) is 2. The third-order valence-corrected chi connectivity index (χ3v) is 4.38. The first-order chi connectivity index (χ1) is 9.37. The summed E-state index contributed by atoms with van der Waals surface area (Å²) in [6, 6.07) is 0.469. The molecule has 2 unspecified atom stereocenters. The third-order valence-electron chi connectivity index (χ3n) is 4.38. The molecule has 0 aromatic heterocycles. The van der Waals surface area contributed by atoms with Crippen molar-refractivity contribution in [2.45, 2.75) is 58.5 Å². The van der Waals surface area contributed by atoms with Gasteiger partial charge >= 0.3 is 5.97 Å². The van der Waals surface area contributed by atoms with Gasteiger partial charge in [0.25, 0.3) is 0 Å². The molecule has 1 fully saturated rings. The normalized spacial score (nSPS) is 20.0. The molecule has 0 bridgehead atoms. The molecule has 4 nitrogen and oxygen atoms in total. The average molecular weight is 284 g/mol. The molecule has 0 spiro atoms. The average Bonchev–Trinajstić information content (AvgIpc) is 3.20. The predicted octanol–water partition coefficient (Wildman–Crippen LogP) is 2.28. The van der Waals surface area contributed by atoms with Crippen molar-refractivity contribution in [3.8, 4) is 0 Å². The first-order valence-corrected chi connectivity index (χ1v) is 7.91. The van der Waals surface area contributed by atoms with Gasteiger partial charge in [0.15, 0.2) is 0 Å². The van der Waals surface area contributed by atoms with Crippen LogP contribution in [0, 0.1) is 11.8 Å². The van der Waals surface area contributed by atoms with Crippen molar-refractivity contribution in [3.05, 3.63) is 0 Å². The van der Waals surface area contributed by atoms with Gasteiger partial charge in [0.2, 0.25) is 0 Å². The van der Waals surface area contributed by atoms with Crippen LogP contribution in [0.4, 0.5) is 0 Å². The van der Waals surface area contributed by atoms with Crippen molar-refractivity contribution in [2.75, 3.05) is 27.2 Å². The summed E-state index contributed by atoms with van der Waals surface area (Å²) in [4.78, 5) is 14.7. The molecule has 1 rings (SSSR count). The van der Waals surface area contributed by atoms with E-state index in [4.69, 9.17) is 4.74 Å².